The maximum absolute atomic E-state index is 13.0. The molecule has 7 heteroatoms. The van der Waals surface area contributed by atoms with Gasteiger partial charge in [0.25, 0.3) is 0 Å². The van der Waals surface area contributed by atoms with Crippen molar-refractivity contribution < 1.29 is 12.8 Å². The minimum atomic E-state index is -3.30. The molecule has 0 spiro atoms. The highest BCUT2D eigenvalue weighted by atomic mass is 35.5. The number of aromatic nitrogens is 1. The Morgan fingerprint density at radius 2 is 1.90 bits per heavy atom. The maximum atomic E-state index is 13.0. The zero-order valence-electron chi connectivity index (χ0n) is 11.2. The topological polar surface area (TPSA) is 50.3 Å². The molecule has 0 unspecified atom stereocenters. The second-order valence-corrected chi connectivity index (χ2v) is 7.33. The molecule has 0 N–H and O–H groups in total. The van der Waals surface area contributed by atoms with Gasteiger partial charge in [0.2, 0.25) is 10.0 Å². The van der Waals surface area contributed by atoms with E-state index in [1.807, 2.05) is 0 Å². The van der Waals surface area contributed by atoms with Crippen LogP contribution in [0.1, 0.15) is 11.3 Å². The first kappa shape index (κ1) is 14.4. The minimum Gasteiger partial charge on any atom is -0.239 e. The summed E-state index contributed by atoms with van der Waals surface area (Å²) in [4.78, 5) is 4.21. The molecule has 1 aliphatic heterocycles. The van der Waals surface area contributed by atoms with Gasteiger partial charge in [-0.15, -0.1) is 0 Å². The maximum Gasteiger partial charge on any atom is 0.211 e. The molecule has 21 heavy (non-hydrogen) atoms. The number of halogens is 2. The summed E-state index contributed by atoms with van der Waals surface area (Å²) in [6.45, 7) is 0.466. The lowest BCUT2D eigenvalue weighted by Gasteiger charge is -2.11. The van der Waals surface area contributed by atoms with Crippen molar-refractivity contribution in [3.05, 3.63) is 52.6 Å². The standard InChI is InChI=1S/C14H12ClFN2O2S/c1-21(19,20)18-7-12-11(6-14(15)17-13(12)8-18)9-2-4-10(16)5-3-9/h2-6H,7-8H2,1H3. The first-order valence-corrected chi connectivity index (χ1v) is 8.46. The summed E-state index contributed by atoms with van der Waals surface area (Å²) in [6, 6.07) is 7.69. The molecule has 0 atom stereocenters. The van der Waals surface area contributed by atoms with Gasteiger partial charge in [-0.1, -0.05) is 23.7 Å². The lowest BCUT2D eigenvalue weighted by atomic mass is 10.0. The van der Waals surface area contributed by atoms with Crippen LogP contribution in [0.15, 0.2) is 30.3 Å². The molecule has 0 aliphatic carbocycles. The van der Waals surface area contributed by atoms with E-state index in [0.29, 0.717) is 10.8 Å². The Morgan fingerprint density at radius 1 is 1.24 bits per heavy atom. The highest BCUT2D eigenvalue weighted by Crippen LogP contribution is 2.34. The summed E-state index contributed by atoms with van der Waals surface area (Å²) in [5.74, 6) is -0.326. The van der Waals surface area contributed by atoms with E-state index >= 15 is 0 Å². The Hall–Kier alpha value is -1.50. The number of sulfonamides is 1. The van der Waals surface area contributed by atoms with E-state index in [9.17, 15) is 12.8 Å². The quantitative estimate of drug-likeness (QED) is 0.797. The van der Waals surface area contributed by atoms with Crippen LogP contribution in [-0.2, 0) is 23.1 Å². The Balaban J connectivity index is 2.11. The van der Waals surface area contributed by atoms with Gasteiger partial charge in [0.1, 0.15) is 11.0 Å². The smallest absolute Gasteiger partial charge is 0.211 e. The molecule has 2 heterocycles. The van der Waals surface area contributed by atoms with Gasteiger partial charge in [-0.05, 0) is 34.9 Å². The van der Waals surface area contributed by atoms with Crippen molar-refractivity contribution in [2.75, 3.05) is 6.26 Å². The van der Waals surface area contributed by atoms with Gasteiger partial charge < -0.3 is 0 Å². The third kappa shape index (κ3) is 2.79. The molecule has 4 nitrogen and oxygen atoms in total. The van der Waals surface area contributed by atoms with Gasteiger partial charge in [-0.3, -0.25) is 0 Å². The van der Waals surface area contributed by atoms with Crippen LogP contribution in [0.2, 0.25) is 5.15 Å². The first-order valence-electron chi connectivity index (χ1n) is 6.24. The lowest BCUT2D eigenvalue weighted by Crippen LogP contribution is -2.23. The van der Waals surface area contributed by atoms with Gasteiger partial charge in [0.05, 0.1) is 18.5 Å². The summed E-state index contributed by atoms with van der Waals surface area (Å²) < 4.78 is 37.8. The Kier molecular flexibility index (Phi) is 3.47. The monoisotopic (exact) mass is 326 g/mol. The summed E-state index contributed by atoms with van der Waals surface area (Å²) in [7, 11) is -3.30. The average Bonchev–Trinajstić information content (AvgIpc) is 2.82. The Morgan fingerprint density at radius 3 is 2.52 bits per heavy atom. The fourth-order valence-corrected chi connectivity index (χ4v) is 3.35. The molecule has 1 aromatic carbocycles. The van der Waals surface area contributed by atoms with Crippen LogP contribution in [-0.4, -0.2) is 24.0 Å². The van der Waals surface area contributed by atoms with E-state index in [-0.39, 0.29) is 18.9 Å². The van der Waals surface area contributed by atoms with E-state index in [4.69, 9.17) is 11.6 Å². The molecule has 0 fully saturated rings. The average molecular weight is 327 g/mol. The number of nitrogens with zero attached hydrogens (tertiary/aromatic N) is 2. The van der Waals surface area contributed by atoms with Gasteiger partial charge in [0.15, 0.2) is 0 Å². The van der Waals surface area contributed by atoms with Crippen molar-refractivity contribution in [2.24, 2.45) is 0 Å². The minimum absolute atomic E-state index is 0.211. The van der Waals surface area contributed by atoms with Crippen molar-refractivity contribution >= 4 is 21.6 Å². The molecule has 3 rings (SSSR count). The lowest BCUT2D eigenvalue weighted by molar-refractivity contribution is 0.434. The number of hydrogen-bond acceptors (Lipinski definition) is 3. The zero-order chi connectivity index (χ0) is 15.2. The van der Waals surface area contributed by atoms with E-state index < -0.39 is 10.0 Å². The summed E-state index contributed by atoms with van der Waals surface area (Å²) >= 11 is 6.02. The zero-order valence-corrected chi connectivity index (χ0v) is 12.7. The highest BCUT2D eigenvalue weighted by Gasteiger charge is 2.29. The SMILES string of the molecule is CS(=O)(=O)N1Cc2nc(Cl)cc(-c3ccc(F)cc3)c2C1. The van der Waals surface area contributed by atoms with E-state index in [1.54, 1.807) is 18.2 Å². The van der Waals surface area contributed by atoms with Gasteiger partial charge in [0, 0.05) is 6.54 Å². The van der Waals surface area contributed by atoms with Crippen LogP contribution in [0, 0.1) is 5.82 Å². The van der Waals surface area contributed by atoms with Crippen molar-refractivity contribution in [3.8, 4) is 11.1 Å². The van der Waals surface area contributed by atoms with E-state index in [1.165, 1.54) is 16.4 Å². The van der Waals surface area contributed by atoms with Crippen LogP contribution in [0.4, 0.5) is 4.39 Å². The molecular formula is C14H12ClFN2O2S. The van der Waals surface area contributed by atoms with Gasteiger partial charge in [-0.25, -0.2) is 17.8 Å². The van der Waals surface area contributed by atoms with Crippen LogP contribution >= 0.6 is 11.6 Å². The largest absolute Gasteiger partial charge is 0.239 e. The van der Waals surface area contributed by atoms with E-state index in [2.05, 4.69) is 4.98 Å². The first-order chi connectivity index (χ1) is 9.84. The fourth-order valence-electron chi connectivity index (χ4n) is 2.42. The normalized spacial score (nSPS) is 15.2. The second-order valence-electron chi connectivity index (χ2n) is 4.96. The summed E-state index contributed by atoms with van der Waals surface area (Å²) in [6.07, 6.45) is 1.16. The second kappa shape index (κ2) is 5.05. The molecule has 0 amide bonds. The number of pyridine rings is 1. The predicted molar refractivity (Wildman–Crippen MR) is 78.7 cm³/mol. The van der Waals surface area contributed by atoms with Crippen LogP contribution in [0.3, 0.4) is 0 Å². The molecule has 2 aromatic rings. The number of benzene rings is 1. The van der Waals surface area contributed by atoms with Crippen LogP contribution in [0.5, 0.6) is 0 Å². The molecule has 1 aliphatic rings. The summed E-state index contributed by atoms with van der Waals surface area (Å²) in [5.41, 5.74) is 3.03. The highest BCUT2D eigenvalue weighted by molar-refractivity contribution is 7.88. The molecule has 110 valence electrons. The Labute approximate surface area is 127 Å². The molecule has 0 saturated heterocycles. The van der Waals surface area contributed by atoms with Crippen LogP contribution < -0.4 is 0 Å². The fraction of sp³-hybridized carbons (Fsp3) is 0.214. The molecule has 0 bridgehead atoms. The van der Waals surface area contributed by atoms with Crippen molar-refractivity contribution in [2.45, 2.75) is 13.1 Å². The summed E-state index contributed by atoms with van der Waals surface area (Å²) in [5, 5.41) is 0.295. The van der Waals surface area contributed by atoms with Crippen molar-refractivity contribution in [3.63, 3.8) is 0 Å². The van der Waals surface area contributed by atoms with Crippen molar-refractivity contribution in [1.29, 1.82) is 0 Å². The molecular weight excluding hydrogens is 315 g/mol. The Bertz CT molecular complexity index is 806. The van der Waals surface area contributed by atoms with Gasteiger partial charge >= 0.3 is 0 Å². The molecule has 0 saturated carbocycles. The predicted octanol–water partition coefficient (Wildman–Crippen LogP) is 2.82. The third-order valence-electron chi connectivity index (χ3n) is 3.46. The molecule has 1 aromatic heterocycles. The molecule has 0 radical (unpaired) electrons. The number of fused-ring (bicyclic) bond motifs is 1. The third-order valence-corrected chi connectivity index (χ3v) is 4.85. The van der Waals surface area contributed by atoms with Crippen molar-refractivity contribution in [1.82, 2.24) is 9.29 Å². The number of rotatable bonds is 2. The van der Waals surface area contributed by atoms with Crippen LogP contribution in [0.25, 0.3) is 11.1 Å². The van der Waals surface area contributed by atoms with Gasteiger partial charge in [-0.2, -0.15) is 4.31 Å². The number of hydrogen-bond donors (Lipinski definition) is 0. The van der Waals surface area contributed by atoms with E-state index in [0.717, 1.165) is 22.9 Å².